The normalized spacial score (nSPS) is 22.1. The summed E-state index contributed by atoms with van der Waals surface area (Å²) in [6, 6.07) is 5.63. The van der Waals surface area contributed by atoms with E-state index in [9.17, 15) is 17.6 Å². The molecule has 2 saturated heterocycles. The lowest BCUT2D eigenvalue weighted by molar-refractivity contribution is -0.00741. The molecule has 36 heavy (non-hydrogen) atoms. The van der Waals surface area contributed by atoms with Gasteiger partial charge in [0.05, 0.1) is 16.0 Å². The zero-order valence-electron chi connectivity index (χ0n) is 20.6. The maximum Gasteiger partial charge on any atom is 0.410 e. The second-order valence-electron chi connectivity index (χ2n) is 10.5. The van der Waals surface area contributed by atoms with Crippen molar-refractivity contribution in [1.29, 1.82) is 0 Å². The largest absolute Gasteiger partial charge is 0.474 e. The number of hydrogen-bond donors (Lipinski definition) is 0. The topological polar surface area (TPSA) is 104 Å². The summed E-state index contributed by atoms with van der Waals surface area (Å²) in [5, 5.41) is 0.617. The van der Waals surface area contributed by atoms with E-state index in [0.717, 1.165) is 25.2 Å². The third-order valence-corrected chi connectivity index (χ3v) is 7.73. The van der Waals surface area contributed by atoms with Crippen LogP contribution in [-0.4, -0.2) is 64.0 Å². The minimum Gasteiger partial charge on any atom is -0.474 e. The van der Waals surface area contributed by atoms with Crippen LogP contribution in [0.1, 0.15) is 46.5 Å². The van der Waals surface area contributed by atoms with Crippen LogP contribution in [0, 0.1) is 5.82 Å². The number of sulfone groups is 1. The third kappa shape index (κ3) is 4.63. The Hall–Kier alpha value is -3.21. The van der Waals surface area contributed by atoms with Crippen molar-refractivity contribution in [2.24, 2.45) is 0 Å². The van der Waals surface area contributed by atoms with Gasteiger partial charge in [0.25, 0.3) is 0 Å². The molecule has 0 aliphatic carbocycles. The molecule has 2 atom stereocenters. The lowest BCUT2D eigenvalue weighted by Gasteiger charge is -2.39. The molecule has 11 heteroatoms. The molecule has 1 aromatic carbocycles. The van der Waals surface area contributed by atoms with Crippen molar-refractivity contribution in [2.75, 3.05) is 6.26 Å². The highest BCUT2D eigenvalue weighted by atomic mass is 32.2. The second-order valence-corrected chi connectivity index (χ2v) is 12.5. The minimum absolute atomic E-state index is 0.0491. The van der Waals surface area contributed by atoms with Crippen LogP contribution in [0.2, 0.25) is 0 Å². The summed E-state index contributed by atoms with van der Waals surface area (Å²) in [4.78, 5) is 23.1. The van der Waals surface area contributed by atoms with E-state index >= 15 is 0 Å². The standard InChI is InChI=1S/C25H29FN4O5S/c1-25(2,3)35-24(31)30-15-5-6-16(30)12-17(11-15)34-23-19-9-10-29(22(19)27-14-28-23)21-8-7-18(13-20(21)26)36(4,32)33/h7-10,13-17H,5-6,11-12H2,1-4H3. The fourth-order valence-corrected chi connectivity index (χ4v) is 5.76. The highest BCUT2D eigenvalue weighted by molar-refractivity contribution is 7.90. The number of hydrogen-bond acceptors (Lipinski definition) is 7. The first-order valence-corrected chi connectivity index (χ1v) is 13.8. The van der Waals surface area contributed by atoms with Gasteiger partial charge in [-0.15, -0.1) is 0 Å². The van der Waals surface area contributed by atoms with E-state index < -0.39 is 21.3 Å². The molecular formula is C25H29FN4O5S. The van der Waals surface area contributed by atoms with E-state index in [-0.39, 0.29) is 34.9 Å². The van der Waals surface area contributed by atoms with Crippen LogP contribution in [0.3, 0.4) is 0 Å². The summed E-state index contributed by atoms with van der Waals surface area (Å²) in [5.41, 5.74) is 0.0692. The maximum atomic E-state index is 14.8. The Kier molecular flexibility index (Phi) is 5.93. The fraction of sp³-hybridized carbons (Fsp3) is 0.480. The number of benzene rings is 1. The number of aromatic nitrogens is 3. The van der Waals surface area contributed by atoms with E-state index in [2.05, 4.69) is 9.97 Å². The van der Waals surface area contributed by atoms with E-state index in [4.69, 9.17) is 9.47 Å². The summed E-state index contributed by atoms with van der Waals surface area (Å²) >= 11 is 0. The van der Waals surface area contributed by atoms with Crippen LogP contribution in [0.25, 0.3) is 16.7 Å². The minimum atomic E-state index is -3.53. The van der Waals surface area contributed by atoms with Gasteiger partial charge >= 0.3 is 6.09 Å². The summed E-state index contributed by atoms with van der Waals surface area (Å²) in [7, 11) is -3.53. The van der Waals surface area contributed by atoms with Gasteiger partial charge in [-0.1, -0.05) is 0 Å². The Morgan fingerprint density at radius 1 is 1.11 bits per heavy atom. The van der Waals surface area contributed by atoms with E-state index in [0.29, 0.717) is 29.8 Å². The van der Waals surface area contributed by atoms with Crippen molar-refractivity contribution in [1.82, 2.24) is 19.4 Å². The van der Waals surface area contributed by atoms with Crippen molar-refractivity contribution in [3.05, 3.63) is 42.6 Å². The molecule has 4 heterocycles. The molecule has 2 unspecified atom stereocenters. The highest BCUT2D eigenvalue weighted by Crippen LogP contribution is 2.39. The molecule has 2 aliphatic rings. The third-order valence-electron chi connectivity index (χ3n) is 6.62. The molecule has 0 saturated carbocycles. The summed E-state index contributed by atoms with van der Waals surface area (Å²) in [5.74, 6) is -0.287. The van der Waals surface area contributed by atoms with Gasteiger partial charge in [-0.3, -0.25) is 4.57 Å². The average Bonchev–Trinajstić information content (AvgIpc) is 3.31. The Morgan fingerprint density at radius 2 is 1.81 bits per heavy atom. The molecule has 192 valence electrons. The molecular weight excluding hydrogens is 487 g/mol. The molecule has 2 aromatic heterocycles. The molecule has 1 amide bonds. The first kappa shape index (κ1) is 24.5. The zero-order chi connectivity index (χ0) is 25.8. The van der Waals surface area contributed by atoms with Gasteiger partial charge in [0.1, 0.15) is 23.8 Å². The first-order valence-electron chi connectivity index (χ1n) is 11.9. The number of piperidine rings is 1. The maximum absolute atomic E-state index is 14.8. The molecule has 0 spiro atoms. The van der Waals surface area contributed by atoms with E-state index in [1.54, 1.807) is 16.8 Å². The number of fused-ring (bicyclic) bond motifs is 3. The molecule has 3 aromatic rings. The number of amides is 1. The molecule has 0 radical (unpaired) electrons. The van der Waals surface area contributed by atoms with Crippen LogP contribution < -0.4 is 4.74 Å². The van der Waals surface area contributed by atoms with Crippen LogP contribution in [0.5, 0.6) is 5.88 Å². The second kappa shape index (κ2) is 8.72. The number of carbonyl (C=O) groups excluding carboxylic acids is 1. The van der Waals surface area contributed by atoms with Crippen molar-refractivity contribution in [3.8, 4) is 11.6 Å². The summed E-state index contributed by atoms with van der Waals surface area (Å²) in [6.45, 7) is 5.59. The van der Waals surface area contributed by atoms with Gasteiger partial charge in [0.2, 0.25) is 5.88 Å². The summed E-state index contributed by atoms with van der Waals surface area (Å²) < 4.78 is 51.8. The quantitative estimate of drug-likeness (QED) is 0.510. The van der Waals surface area contributed by atoms with Gasteiger partial charge in [-0.2, -0.15) is 0 Å². The van der Waals surface area contributed by atoms with Crippen molar-refractivity contribution < 1.29 is 27.1 Å². The molecule has 5 rings (SSSR count). The van der Waals surface area contributed by atoms with Crippen molar-refractivity contribution >= 4 is 27.0 Å². The Balaban J connectivity index is 1.37. The SMILES string of the molecule is CC(C)(C)OC(=O)N1C2CCC1CC(Oc1ncnc3c1ccn3-c1ccc(S(C)(=O)=O)cc1F)C2. The van der Waals surface area contributed by atoms with Crippen molar-refractivity contribution in [3.63, 3.8) is 0 Å². The number of rotatable bonds is 4. The number of halogens is 1. The Morgan fingerprint density at radius 3 is 2.42 bits per heavy atom. The lowest BCUT2D eigenvalue weighted by Crippen LogP contribution is -2.50. The van der Waals surface area contributed by atoms with Gasteiger partial charge in [0.15, 0.2) is 15.5 Å². The first-order chi connectivity index (χ1) is 16.9. The predicted molar refractivity (Wildman–Crippen MR) is 130 cm³/mol. The van der Waals surface area contributed by atoms with Gasteiger partial charge < -0.3 is 14.4 Å². The number of carbonyl (C=O) groups is 1. The highest BCUT2D eigenvalue weighted by Gasteiger charge is 2.45. The monoisotopic (exact) mass is 516 g/mol. The Bertz CT molecular complexity index is 1420. The van der Waals surface area contributed by atoms with Crippen LogP contribution in [0.15, 0.2) is 41.7 Å². The number of ether oxygens (including phenoxy) is 2. The van der Waals surface area contributed by atoms with E-state index in [1.165, 1.54) is 18.5 Å². The molecule has 2 fully saturated rings. The van der Waals surface area contributed by atoms with Crippen LogP contribution in [-0.2, 0) is 14.6 Å². The predicted octanol–water partition coefficient (Wildman–Crippen LogP) is 4.27. The van der Waals surface area contributed by atoms with E-state index in [1.807, 2.05) is 25.7 Å². The Labute approximate surface area is 209 Å². The van der Waals surface area contributed by atoms with Crippen LogP contribution >= 0.6 is 0 Å². The van der Waals surface area contributed by atoms with Crippen molar-refractivity contribution in [2.45, 2.75) is 75.1 Å². The lowest BCUT2D eigenvalue weighted by atomic mass is 10.00. The van der Waals surface area contributed by atoms with Gasteiger partial charge in [-0.05, 0) is 57.9 Å². The van der Waals surface area contributed by atoms with Crippen LogP contribution in [0.4, 0.5) is 9.18 Å². The van der Waals surface area contributed by atoms with Gasteiger partial charge in [0, 0.05) is 37.4 Å². The smallest absolute Gasteiger partial charge is 0.410 e. The molecule has 9 nitrogen and oxygen atoms in total. The molecule has 2 aliphatic heterocycles. The number of nitrogens with zero attached hydrogens (tertiary/aromatic N) is 4. The molecule has 2 bridgehead atoms. The fourth-order valence-electron chi connectivity index (χ4n) is 5.12. The van der Waals surface area contributed by atoms with Gasteiger partial charge in [-0.25, -0.2) is 27.6 Å². The summed E-state index contributed by atoms with van der Waals surface area (Å²) in [6.07, 6.45) is 6.79. The molecule has 0 N–H and O–H groups in total. The average molecular weight is 517 g/mol. The zero-order valence-corrected chi connectivity index (χ0v) is 21.5.